The number of hydrogen-bond acceptors (Lipinski definition) is 5. The van der Waals surface area contributed by atoms with Crippen LogP contribution < -0.4 is 11.0 Å². The normalized spacial score (nSPS) is 11.8. The Morgan fingerprint density at radius 1 is 1.03 bits per heavy atom. The number of Topliss-reactive ketones (excluding diaryl/α,β-unsaturated/α-hetero) is 1. The molecule has 3 aromatic rings. The van der Waals surface area contributed by atoms with Gasteiger partial charge in [-0.3, -0.25) is 23.5 Å². The molecular formula is C22H23N3O5. The van der Waals surface area contributed by atoms with E-state index in [2.05, 4.69) is 5.32 Å². The molecule has 30 heavy (non-hydrogen) atoms. The van der Waals surface area contributed by atoms with Gasteiger partial charge < -0.3 is 10.1 Å². The predicted octanol–water partition coefficient (Wildman–Crippen LogP) is 2.50. The molecule has 2 aromatic carbocycles. The molecule has 1 heterocycles. The van der Waals surface area contributed by atoms with Crippen molar-refractivity contribution >= 4 is 34.4 Å². The van der Waals surface area contributed by atoms with Crippen LogP contribution in [0.25, 0.3) is 11.0 Å². The van der Waals surface area contributed by atoms with Gasteiger partial charge in [-0.15, -0.1) is 0 Å². The molecule has 0 aliphatic carbocycles. The van der Waals surface area contributed by atoms with E-state index in [0.29, 0.717) is 11.3 Å². The van der Waals surface area contributed by atoms with E-state index in [1.165, 1.54) is 23.0 Å². The summed E-state index contributed by atoms with van der Waals surface area (Å²) in [4.78, 5) is 48.7. The maximum absolute atomic E-state index is 12.4. The molecule has 1 amide bonds. The molecule has 0 saturated carbocycles. The van der Waals surface area contributed by atoms with Gasteiger partial charge in [-0.2, -0.15) is 0 Å². The average Bonchev–Trinajstić information content (AvgIpc) is 2.97. The largest absolute Gasteiger partial charge is 0.452 e. The molecule has 0 radical (unpaired) electrons. The molecule has 1 aromatic heterocycles. The van der Waals surface area contributed by atoms with Crippen molar-refractivity contribution in [1.82, 2.24) is 9.13 Å². The minimum absolute atomic E-state index is 0.0600. The Balaban J connectivity index is 1.62. The number of fused-ring (bicyclic) bond motifs is 1. The molecule has 0 aliphatic heterocycles. The van der Waals surface area contributed by atoms with Crippen molar-refractivity contribution in [1.29, 1.82) is 0 Å². The molecule has 1 unspecified atom stereocenters. The third-order valence-corrected chi connectivity index (χ3v) is 4.83. The van der Waals surface area contributed by atoms with Gasteiger partial charge in [0, 0.05) is 19.2 Å². The van der Waals surface area contributed by atoms with Crippen molar-refractivity contribution in [3.05, 3.63) is 64.6 Å². The van der Waals surface area contributed by atoms with E-state index in [1.54, 1.807) is 31.3 Å². The van der Waals surface area contributed by atoms with Crippen LogP contribution in [0.5, 0.6) is 0 Å². The Hall–Kier alpha value is -3.68. The highest BCUT2D eigenvalue weighted by molar-refractivity contribution is 6.04. The first-order chi connectivity index (χ1) is 14.3. The number of aromatic nitrogens is 2. The van der Waals surface area contributed by atoms with Gasteiger partial charge in [0.15, 0.2) is 11.9 Å². The number of ether oxygens (including phenoxy) is 1. The fourth-order valence-corrected chi connectivity index (χ4v) is 3.23. The Morgan fingerprint density at radius 3 is 2.37 bits per heavy atom. The average molecular weight is 409 g/mol. The molecule has 0 bridgehead atoms. The molecule has 0 aliphatic rings. The molecular weight excluding hydrogens is 386 g/mol. The minimum atomic E-state index is -1.05. The zero-order chi connectivity index (χ0) is 21.8. The number of carbonyl (C=O) groups is 3. The van der Waals surface area contributed by atoms with Crippen LogP contribution in [-0.2, 0) is 27.9 Å². The number of ketones is 1. The van der Waals surface area contributed by atoms with Gasteiger partial charge in [0.1, 0.15) is 0 Å². The summed E-state index contributed by atoms with van der Waals surface area (Å²) in [5, 5.41) is 2.61. The Bertz CT molecular complexity index is 1170. The van der Waals surface area contributed by atoms with E-state index in [4.69, 9.17) is 4.74 Å². The quantitative estimate of drug-likeness (QED) is 0.477. The number of amides is 1. The first kappa shape index (κ1) is 21.0. The molecule has 8 nitrogen and oxygen atoms in total. The maximum Gasteiger partial charge on any atom is 0.328 e. The SMILES string of the molecule is CC(=O)c1ccccc1NC(=O)C(C)OC(=O)CCn1c(=O)n(C)c2ccccc21. The number of benzene rings is 2. The van der Waals surface area contributed by atoms with Gasteiger partial charge in [0.05, 0.1) is 23.1 Å². The third-order valence-electron chi connectivity index (χ3n) is 4.83. The lowest BCUT2D eigenvalue weighted by molar-refractivity contribution is -0.153. The molecule has 0 fully saturated rings. The molecule has 3 rings (SSSR count). The van der Waals surface area contributed by atoms with Crippen LogP contribution in [0.15, 0.2) is 53.3 Å². The van der Waals surface area contributed by atoms with E-state index < -0.39 is 18.0 Å². The second kappa shape index (κ2) is 8.77. The second-order valence-corrected chi connectivity index (χ2v) is 6.96. The summed E-state index contributed by atoms with van der Waals surface area (Å²) in [5.74, 6) is -1.33. The highest BCUT2D eigenvalue weighted by Crippen LogP contribution is 2.16. The first-order valence-corrected chi connectivity index (χ1v) is 9.54. The van der Waals surface area contributed by atoms with E-state index in [-0.39, 0.29) is 24.4 Å². The number of imidazole rings is 1. The van der Waals surface area contributed by atoms with Gasteiger partial charge in [0.2, 0.25) is 0 Å². The summed E-state index contributed by atoms with van der Waals surface area (Å²) in [6.07, 6.45) is -1.11. The summed E-state index contributed by atoms with van der Waals surface area (Å²) < 4.78 is 8.23. The molecule has 0 spiro atoms. The summed E-state index contributed by atoms with van der Waals surface area (Å²) >= 11 is 0. The Kier molecular flexibility index (Phi) is 6.15. The Labute approximate surface area is 173 Å². The number of nitrogens with zero attached hydrogens (tertiary/aromatic N) is 2. The first-order valence-electron chi connectivity index (χ1n) is 9.54. The predicted molar refractivity (Wildman–Crippen MR) is 112 cm³/mol. The van der Waals surface area contributed by atoms with Crippen molar-refractivity contribution in [3.63, 3.8) is 0 Å². The third kappa shape index (κ3) is 4.32. The van der Waals surface area contributed by atoms with Crippen LogP contribution >= 0.6 is 0 Å². The lowest BCUT2D eigenvalue weighted by atomic mass is 10.1. The fraction of sp³-hybridized carbons (Fsp3) is 0.273. The van der Waals surface area contributed by atoms with E-state index in [9.17, 15) is 19.2 Å². The summed E-state index contributed by atoms with van der Waals surface area (Å²) in [7, 11) is 1.67. The number of aryl methyl sites for hydroxylation is 2. The maximum atomic E-state index is 12.4. The van der Waals surface area contributed by atoms with Crippen molar-refractivity contribution in [2.75, 3.05) is 5.32 Å². The summed E-state index contributed by atoms with van der Waals surface area (Å²) in [6, 6.07) is 13.9. The second-order valence-electron chi connectivity index (χ2n) is 6.96. The fourth-order valence-electron chi connectivity index (χ4n) is 3.23. The van der Waals surface area contributed by atoms with Gasteiger partial charge in [-0.25, -0.2) is 4.79 Å². The number of hydrogen-bond donors (Lipinski definition) is 1. The monoisotopic (exact) mass is 409 g/mol. The van der Waals surface area contributed by atoms with Crippen LogP contribution in [-0.4, -0.2) is 32.9 Å². The smallest absolute Gasteiger partial charge is 0.328 e. The zero-order valence-corrected chi connectivity index (χ0v) is 17.0. The number of rotatable bonds is 7. The van der Waals surface area contributed by atoms with Crippen LogP contribution in [0.3, 0.4) is 0 Å². The summed E-state index contributed by atoms with van der Waals surface area (Å²) in [5.41, 5.74) is 2.01. The lowest BCUT2D eigenvalue weighted by Crippen LogP contribution is -2.31. The number of esters is 1. The Morgan fingerprint density at radius 2 is 1.67 bits per heavy atom. The summed E-state index contributed by atoms with van der Waals surface area (Å²) in [6.45, 7) is 3.00. The van der Waals surface area contributed by atoms with Gasteiger partial charge in [0.25, 0.3) is 5.91 Å². The van der Waals surface area contributed by atoms with Gasteiger partial charge >= 0.3 is 11.7 Å². The minimum Gasteiger partial charge on any atom is -0.452 e. The van der Waals surface area contributed by atoms with Crippen LogP contribution in [0.4, 0.5) is 5.69 Å². The zero-order valence-electron chi connectivity index (χ0n) is 17.0. The van der Waals surface area contributed by atoms with Gasteiger partial charge in [-0.1, -0.05) is 24.3 Å². The highest BCUT2D eigenvalue weighted by Gasteiger charge is 2.20. The lowest BCUT2D eigenvalue weighted by Gasteiger charge is -2.15. The number of para-hydroxylation sites is 3. The topological polar surface area (TPSA) is 99.4 Å². The molecule has 1 N–H and O–H groups in total. The molecule has 0 saturated heterocycles. The highest BCUT2D eigenvalue weighted by atomic mass is 16.5. The molecule has 1 atom stereocenters. The van der Waals surface area contributed by atoms with E-state index in [1.807, 2.05) is 24.3 Å². The van der Waals surface area contributed by atoms with Crippen LogP contribution in [0.2, 0.25) is 0 Å². The number of anilines is 1. The van der Waals surface area contributed by atoms with Crippen LogP contribution in [0.1, 0.15) is 30.6 Å². The van der Waals surface area contributed by atoms with Crippen molar-refractivity contribution in [2.45, 2.75) is 32.9 Å². The number of carbonyl (C=O) groups excluding carboxylic acids is 3. The van der Waals surface area contributed by atoms with Gasteiger partial charge in [-0.05, 0) is 38.1 Å². The molecule has 156 valence electrons. The van der Waals surface area contributed by atoms with Crippen LogP contribution in [0, 0.1) is 0 Å². The number of nitrogens with one attached hydrogen (secondary N) is 1. The van der Waals surface area contributed by atoms with Crippen molar-refractivity contribution < 1.29 is 19.1 Å². The molecule has 8 heteroatoms. The van der Waals surface area contributed by atoms with E-state index in [0.717, 1.165) is 11.0 Å². The van der Waals surface area contributed by atoms with Crippen molar-refractivity contribution in [3.8, 4) is 0 Å². The van der Waals surface area contributed by atoms with E-state index >= 15 is 0 Å². The van der Waals surface area contributed by atoms with Crippen molar-refractivity contribution in [2.24, 2.45) is 7.05 Å². The standard InChI is InChI=1S/C22H23N3O5/c1-14(26)16-8-4-5-9-17(16)23-21(28)15(2)30-20(27)12-13-25-19-11-7-6-10-18(19)24(3)22(25)29/h4-11,15H,12-13H2,1-3H3,(H,23,28).